The number of hydrogen-bond donors (Lipinski definition) is 0. The highest BCUT2D eigenvalue weighted by Crippen LogP contribution is 2.19. The minimum Gasteiger partial charge on any atom is -0.441 e. The molecule has 0 N–H and O–H groups in total. The Hall–Kier alpha value is -2.08. The van der Waals surface area contributed by atoms with Crippen LogP contribution in [0.4, 0.5) is 0 Å². The Morgan fingerprint density at radius 2 is 2.29 bits per heavy atom. The van der Waals surface area contributed by atoms with Crippen LogP contribution < -0.4 is 0 Å². The Kier molecular flexibility index (Phi) is 2.04. The van der Waals surface area contributed by atoms with Crippen molar-refractivity contribution >= 4 is 0 Å². The highest BCUT2D eigenvalue weighted by Gasteiger charge is 2.04. The molecule has 1 aromatic carbocycles. The van der Waals surface area contributed by atoms with Gasteiger partial charge in [0.2, 0.25) is 5.89 Å². The Balaban J connectivity index is 2.47. The Morgan fingerprint density at radius 1 is 1.43 bits per heavy atom. The number of aromatic nitrogens is 1. The van der Waals surface area contributed by atoms with Crippen LogP contribution in [-0.4, -0.2) is 4.98 Å². The molecule has 2 rings (SSSR count). The first-order valence-corrected chi connectivity index (χ1v) is 4.22. The SMILES string of the molecule is Cc1cnc(-c2cccc(C#N)c2)o1. The van der Waals surface area contributed by atoms with E-state index in [1.165, 1.54) is 0 Å². The van der Waals surface area contributed by atoms with Crippen molar-refractivity contribution in [3.8, 4) is 17.5 Å². The van der Waals surface area contributed by atoms with Gasteiger partial charge in [-0.15, -0.1) is 0 Å². The maximum Gasteiger partial charge on any atom is 0.226 e. The van der Waals surface area contributed by atoms with E-state index < -0.39 is 0 Å². The number of nitriles is 1. The van der Waals surface area contributed by atoms with E-state index in [1.54, 1.807) is 18.3 Å². The number of nitrogens with zero attached hydrogens (tertiary/aromatic N) is 2. The molecule has 0 spiro atoms. The molecule has 68 valence electrons. The quantitative estimate of drug-likeness (QED) is 0.684. The zero-order valence-corrected chi connectivity index (χ0v) is 7.69. The van der Waals surface area contributed by atoms with E-state index in [2.05, 4.69) is 11.1 Å². The Labute approximate surface area is 81.6 Å². The van der Waals surface area contributed by atoms with E-state index in [0.717, 1.165) is 11.3 Å². The molecule has 0 amide bonds. The van der Waals surface area contributed by atoms with Crippen molar-refractivity contribution in [3.63, 3.8) is 0 Å². The van der Waals surface area contributed by atoms with E-state index in [4.69, 9.17) is 9.68 Å². The highest BCUT2D eigenvalue weighted by atomic mass is 16.4. The van der Waals surface area contributed by atoms with Crippen molar-refractivity contribution in [2.45, 2.75) is 6.92 Å². The summed E-state index contributed by atoms with van der Waals surface area (Å²) in [7, 11) is 0. The van der Waals surface area contributed by atoms with Crippen LogP contribution in [-0.2, 0) is 0 Å². The Bertz CT molecular complexity index is 494. The number of benzene rings is 1. The maximum absolute atomic E-state index is 8.71. The molecule has 0 saturated heterocycles. The van der Waals surface area contributed by atoms with Crippen LogP contribution in [0.2, 0.25) is 0 Å². The number of oxazole rings is 1. The van der Waals surface area contributed by atoms with Gasteiger partial charge in [-0.25, -0.2) is 4.98 Å². The molecule has 0 aliphatic carbocycles. The summed E-state index contributed by atoms with van der Waals surface area (Å²) in [6, 6.07) is 9.26. The van der Waals surface area contributed by atoms with Crippen molar-refractivity contribution in [2.75, 3.05) is 0 Å². The molecule has 0 bridgehead atoms. The lowest BCUT2D eigenvalue weighted by Crippen LogP contribution is -1.78. The first-order valence-electron chi connectivity index (χ1n) is 4.22. The maximum atomic E-state index is 8.71. The molecule has 0 fully saturated rings. The van der Waals surface area contributed by atoms with Gasteiger partial charge in [-0.2, -0.15) is 5.26 Å². The van der Waals surface area contributed by atoms with E-state index in [1.807, 2.05) is 19.1 Å². The third-order valence-electron chi connectivity index (χ3n) is 1.86. The lowest BCUT2D eigenvalue weighted by atomic mass is 10.1. The van der Waals surface area contributed by atoms with Gasteiger partial charge in [0.1, 0.15) is 5.76 Å². The number of hydrogen-bond acceptors (Lipinski definition) is 3. The fraction of sp³-hybridized carbons (Fsp3) is 0.0909. The van der Waals surface area contributed by atoms with Gasteiger partial charge in [-0.3, -0.25) is 0 Å². The van der Waals surface area contributed by atoms with E-state index in [-0.39, 0.29) is 0 Å². The standard InChI is InChI=1S/C11H8N2O/c1-8-7-13-11(14-8)10-4-2-3-9(5-10)6-12/h2-5,7H,1H3. The van der Waals surface area contributed by atoms with Crippen molar-refractivity contribution < 1.29 is 4.42 Å². The topological polar surface area (TPSA) is 49.8 Å². The largest absolute Gasteiger partial charge is 0.441 e. The molecule has 14 heavy (non-hydrogen) atoms. The predicted molar refractivity (Wildman–Crippen MR) is 51.4 cm³/mol. The lowest BCUT2D eigenvalue weighted by Gasteiger charge is -1.94. The first-order chi connectivity index (χ1) is 6.79. The molecular weight excluding hydrogens is 176 g/mol. The predicted octanol–water partition coefficient (Wildman–Crippen LogP) is 2.52. The number of rotatable bonds is 1. The molecule has 0 saturated carbocycles. The highest BCUT2D eigenvalue weighted by molar-refractivity contribution is 5.56. The van der Waals surface area contributed by atoms with Crippen LogP contribution in [0.1, 0.15) is 11.3 Å². The fourth-order valence-electron chi connectivity index (χ4n) is 1.21. The second-order valence-corrected chi connectivity index (χ2v) is 2.97. The zero-order chi connectivity index (χ0) is 9.97. The molecule has 3 nitrogen and oxygen atoms in total. The van der Waals surface area contributed by atoms with Gasteiger partial charge < -0.3 is 4.42 Å². The van der Waals surface area contributed by atoms with Crippen LogP contribution >= 0.6 is 0 Å². The van der Waals surface area contributed by atoms with E-state index >= 15 is 0 Å². The molecule has 0 radical (unpaired) electrons. The summed E-state index contributed by atoms with van der Waals surface area (Å²) < 4.78 is 5.35. The molecule has 0 aliphatic rings. The van der Waals surface area contributed by atoms with Crippen molar-refractivity contribution in [2.24, 2.45) is 0 Å². The van der Waals surface area contributed by atoms with Gasteiger partial charge in [-0.1, -0.05) is 6.07 Å². The summed E-state index contributed by atoms with van der Waals surface area (Å²) in [6.45, 7) is 1.84. The third kappa shape index (κ3) is 1.50. The minimum atomic E-state index is 0.555. The molecule has 3 heteroatoms. The molecule has 0 atom stereocenters. The van der Waals surface area contributed by atoms with Gasteiger partial charge in [0, 0.05) is 5.56 Å². The van der Waals surface area contributed by atoms with Gasteiger partial charge in [0.25, 0.3) is 0 Å². The lowest BCUT2D eigenvalue weighted by molar-refractivity contribution is 0.542. The summed E-state index contributed by atoms with van der Waals surface area (Å²) in [5, 5.41) is 8.71. The summed E-state index contributed by atoms with van der Waals surface area (Å²) in [6.07, 6.45) is 1.66. The van der Waals surface area contributed by atoms with E-state index in [9.17, 15) is 0 Å². The van der Waals surface area contributed by atoms with Gasteiger partial charge in [0.15, 0.2) is 0 Å². The van der Waals surface area contributed by atoms with Crippen LogP contribution in [0.5, 0.6) is 0 Å². The summed E-state index contributed by atoms with van der Waals surface area (Å²) in [5.74, 6) is 1.32. The fourth-order valence-corrected chi connectivity index (χ4v) is 1.21. The molecule has 0 aliphatic heterocycles. The third-order valence-corrected chi connectivity index (χ3v) is 1.86. The van der Waals surface area contributed by atoms with Crippen LogP contribution in [0.25, 0.3) is 11.5 Å². The van der Waals surface area contributed by atoms with Crippen LogP contribution in [0.15, 0.2) is 34.9 Å². The molecule has 1 aromatic heterocycles. The van der Waals surface area contributed by atoms with Crippen molar-refractivity contribution in [1.82, 2.24) is 4.98 Å². The Morgan fingerprint density at radius 3 is 2.93 bits per heavy atom. The second-order valence-electron chi connectivity index (χ2n) is 2.97. The van der Waals surface area contributed by atoms with Crippen molar-refractivity contribution in [1.29, 1.82) is 5.26 Å². The molecule has 0 unspecified atom stereocenters. The monoisotopic (exact) mass is 184 g/mol. The van der Waals surface area contributed by atoms with E-state index in [0.29, 0.717) is 11.5 Å². The normalized spacial score (nSPS) is 9.71. The van der Waals surface area contributed by atoms with Gasteiger partial charge in [-0.05, 0) is 25.1 Å². The molecular formula is C11H8N2O. The van der Waals surface area contributed by atoms with Gasteiger partial charge >= 0.3 is 0 Å². The minimum absolute atomic E-state index is 0.555. The summed E-state index contributed by atoms with van der Waals surface area (Å²) in [4.78, 5) is 4.09. The number of aryl methyl sites for hydroxylation is 1. The average molecular weight is 184 g/mol. The summed E-state index contributed by atoms with van der Waals surface area (Å²) in [5.41, 5.74) is 1.44. The van der Waals surface area contributed by atoms with Crippen molar-refractivity contribution in [3.05, 3.63) is 41.8 Å². The van der Waals surface area contributed by atoms with Crippen LogP contribution in [0, 0.1) is 18.3 Å². The van der Waals surface area contributed by atoms with Gasteiger partial charge in [0.05, 0.1) is 17.8 Å². The smallest absolute Gasteiger partial charge is 0.226 e. The molecule has 2 aromatic rings. The zero-order valence-electron chi connectivity index (χ0n) is 7.69. The van der Waals surface area contributed by atoms with Crippen LogP contribution in [0.3, 0.4) is 0 Å². The molecule has 1 heterocycles. The second kappa shape index (κ2) is 3.35. The first kappa shape index (κ1) is 8.52. The average Bonchev–Trinajstić information content (AvgIpc) is 2.65. The summed E-state index contributed by atoms with van der Waals surface area (Å²) >= 11 is 0.